The average molecular weight is 230 g/mol. The Morgan fingerprint density at radius 3 is 2.12 bits per heavy atom. The standard InChI is InChI=1S/C15H22N2/c1-15(2,3)16-12-6-7-13-8-10-14(11-9-13)17(4)5/h6-12H,1-5H3/b7-6+,16-12?. The van der Waals surface area contributed by atoms with Gasteiger partial charge in [0.25, 0.3) is 0 Å². The molecule has 1 aromatic carbocycles. The van der Waals surface area contributed by atoms with Crippen LogP contribution in [0.15, 0.2) is 35.3 Å². The molecule has 0 saturated carbocycles. The first kappa shape index (κ1) is 13.5. The lowest BCUT2D eigenvalue weighted by Gasteiger charge is -2.11. The van der Waals surface area contributed by atoms with E-state index in [0.717, 1.165) is 0 Å². The van der Waals surface area contributed by atoms with Crippen molar-refractivity contribution in [3.8, 4) is 0 Å². The number of nitrogens with zero attached hydrogens (tertiary/aromatic N) is 2. The Kier molecular flexibility index (Phi) is 4.50. The monoisotopic (exact) mass is 230 g/mol. The lowest BCUT2D eigenvalue weighted by atomic mass is 10.1. The van der Waals surface area contributed by atoms with Crippen molar-refractivity contribution >= 4 is 18.0 Å². The molecule has 0 heterocycles. The molecule has 0 atom stereocenters. The number of rotatable bonds is 3. The zero-order valence-electron chi connectivity index (χ0n) is 11.4. The van der Waals surface area contributed by atoms with Crippen LogP contribution < -0.4 is 4.90 Å². The predicted molar refractivity (Wildman–Crippen MR) is 78.0 cm³/mol. The maximum Gasteiger partial charge on any atom is 0.0524 e. The number of hydrogen-bond donors (Lipinski definition) is 0. The Balaban J connectivity index is 2.64. The second kappa shape index (κ2) is 5.67. The third kappa shape index (κ3) is 5.34. The van der Waals surface area contributed by atoms with Crippen LogP contribution in [0, 0.1) is 0 Å². The molecule has 92 valence electrons. The highest BCUT2D eigenvalue weighted by Gasteiger charge is 2.03. The van der Waals surface area contributed by atoms with E-state index < -0.39 is 0 Å². The van der Waals surface area contributed by atoms with E-state index in [4.69, 9.17) is 0 Å². The van der Waals surface area contributed by atoms with Crippen molar-refractivity contribution in [2.75, 3.05) is 19.0 Å². The fraction of sp³-hybridized carbons (Fsp3) is 0.400. The van der Waals surface area contributed by atoms with Crippen LogP contribution in [0.3, 0.4) is 0 Å². The normalized spacial score (nSPS) is 12.5. The summed E-state index contributed by atoms with van der Waals surface area (Å²) in [5.74, 6) is 0. The summed E-state index contributed by atoms with van der Waals surface area (Å²) in [6.07, 6.45) is 5.91. The Hall–Kier alpha value is -1.57. The molecule has 2 heteroatoms. The van der Waals surface area contributed by atoms with Crippen LogP contribution >= 0.6 is 0 Å². The van der Waals surface area contributed by atoms with Gasteiger partial charge in [-0.1, -0.05) is 18.2 Å². The van der Waals surface area contributed by atoms with E-state index in [1.807, 2.05) is 26.4 Å². The molecule has 0 aromatic heterocycles. The minimum atomic E-state index is -0.000873. The number of aliphatic imine (C=N–C) groups is 1. The molecule has 0 amide bonds. The minimum absolute atomic E-state index is 0.000873. The predicted octanol–water partition coefficient (Wildman–Crippen LogP) is 3.64. The first-order valence-corrected chi connectivity index (χ1v) is 5.88. The second-order valence-electron chi connectivity index (χ2n) is 5.29. The van der Waals surface area contributed by atoms with Gasteiger partial charge in [0.15, 0.2) is 0 Å². The van der Waals surface area contributed by atoms with Crippen LogP contribution in [-0.2, 0) is 0 Å². The maximum atomic E-state index is 4.40. The zero-order chi connectivity index (χ0) is 12.9. The van der Waals surface area contributed by atoms with Crippen molar-refractivity contribution in [3.63, 3.8) is 0 Å². The van der Waals surface area contributed by atoms with E-state index in [-0.39, 0.29) is 5.54 Å². The Labute approximate surface area is 105 Å². The number of anilines is 1. The van der Waals surface area contributed by atoms with Gasteiger partial charge in [0, 0.05) is 26.0 Å². The summed E-state index contributed by atoms with van der Waals surface area (Å²) < 4.78 is 0. The molecule has 0 N–H and O–H groups in total. The SMILES string of the molecule is CN(C)c1ccc(/C=C/C=NC(C)(C)C)cc1. The van der Waals surface area contributed by atoms with Crippen LogP contribution in [0.5, 0.6) is 0 Å². The van der Waals surface area contributed by atoms with E-state index in [2.05, 4.69) is 61.0 Å². The first-order chi connectivity index (χ1) is 7.88. The van der Waals surface area contributed by atoms with Gasteiger partial charge < -0.3 is 4.90 Å². The maximum absolute atomic E-state index is 4.40. The summed E-state index contributed by atoms with van der Waals surface area (Å²) in [7, 11) is 4.08. The van der Waals surface area contributed by atoms with E-state index in [9.17, 15) is 0 Å². The van der Waals surface area contributed by atoms with E-state index in [1.54, 1.807) is 0 Å². The molecular formula is C15H22N2. The van der Waals surface area contributed by atoms with Gasteiger partial charge in [-0.15, -0.1) is 0 Å². The van der Waals surface area contributed by atoms with E-state index >= 15 is 0 Å². The second-order valence-corrected chi connectivity index (χ2v) is 5.29. The third-order valence-electron chi connectivity index (χ3n) is 2.25. The molecular weight excluding hydrogens is 208 g/mol. The van der Waals surface area contributed by atoms with Gasteiger partial charge in [-0.25, -0.2) is 0 Å². The molecule has 0 saturated heterocycles. The minimum Gasteiger partial charge on any atom is -0.378 e. The molecule has 0 spiro atoms. The van der Waals surface area contributed by atoms with E-state index in [1.165, 1.54) is 11.3 Å². The summed E-state index contributed by atoms with van der Waals surface area (Å²) in [4.78, 5) is 6.49. The largest absolute Gasteiger partial charge is 0.378 e. The van der Waals surface area contributed by atoms with Gasteiger partial charge in [0.2, 0.25) is 0 Å². The van der Waals surface area contributed by atoms with Crippen molar-refractivity contribution in [1.29, 1.82) is 0 Å². The molecule has 0 radical (unpaired) electrons. The average Bonchev–Trinajstić information content (AvgIpc) is 2.24. The molecule has 0 aliphatic carbocycles. The highest BCUT2D eigenvalue weighted by molar-refractivity contribution is 5.78. The summed E-state index contributed by atoms with van der Waals surface area (Å²) in [6.45, 7) is 6.26. The van der Waals surface area contributed by atoms with Gasteiger partial charge in [0.1, 0.15) is 0 Å². The smallest absolute Gasteiger partial charge is 0.0524 e. The highest BCUT2D eigenvalue weighted by Crippen LogP contribution is 2.13. The van der Waals surface area contributed by atoms with Crippen molar-refractivity contribution in [1.82, 2.24) is 0 Å². The highest BCUT2D eigenvalue weighted by atomic mass is 15.1. The van der Waals surface area contributed by atoms with Crippen molar-refractivity contribution in [3.05, 3.63) is 35.9 Å². The molecule has 0 bridgehead atoms. The fourth-order valence-electron chi connectivity index (χ4n) is 1.30. The van der Waals surface area contributed by atoms with Crippen molar-refractivity contribution < 1.29 is 0 Å². The summed E-state index contributed by atoms with van der Waals surface area (Å²) in [5.41, 5.74) is 2.40. The van der Waals surface area contributed by atoms with Crippen LogP contribution in [-0.4, -0.2) is 25.8 Å². The van der Waals surface area contributed by atoms with Crippen LogP contribution in [0.25, 0.3) is 6.08 Å². The quantitative estimate of drug-likeness (QED) is 0.724. The van der Waals surface area contributed by atoms with Crippen molar-refractivity contribution in [2.24, 2.45) is 4.99 Å². The van der Waals surface area contributed by atoms with E-state index in [0.29, 0.717) is 0 Å². The molecule has 0 aliphatic rings. The lowest BCUT2D eigenvalue weighted by molar-refractivity contribution is 0.587. The topological polar surface area (TPSA) is 15.6 Å². The molecule has 0 unspecified atom stereocenters. The fourth-order valence-corrected chi connectivity index (χ4v) is 1.30. The summed E-state index contributed by atoms with van der Waals surface area (Å²) >= 11 is 0. The summed E-state index contributed by atoms with van der Waals surface area (Å²) in [5, 5.41) is 0. The molecule has 17 heavy (non-hydrogen) atoms. The van der Waals surface area contributed by atoms with Crippen molar-refractivity contribution in [2.45, 2.75) is 26.3 Å². The van der Waals surface area contributed by atoms with Gasteiger partial charge in [0.05, 0.1) is 5.54 Å². The van der Waals surface area contributed by atoms with Gasteiger partial charge in [-0.3, -0.25) is 4.99 Å². The van der Waals surface area contributed by atoms with Crippen LogP contribution in [0.4, 0.5) is 5.69 Å². The number of hydrogen-bond acceptors (Lipinski definition) is 2. The van der Waals surface area contributed by atoms with Crippen LogP contribution in [0.2, 0.25) is 0 Å². The molecule has 0 fully saturated rings. The van der Waals surface area contributed by atoms with Gasteiger partial charge in [-0.2, -0.15) is 0 Å². The number of allylic oxidation sites excluding steroid dienone is 1. The Morgan fingerprint density at radius 1 is 1.06 bits per heavy atom. The summed E-state index contributed by atoms with van der Waals surface area (Å²) in [6, 6.07) is 8.44. The lowest BCUT2D eigenvalue weighted by Crippen LogP contribution is -2.08. The van der Waals surface area contributed by atoms with Gasteiger partial charge >= 0.3 is 0 Å². The molecule has 1 rings (SSSR count). The van der Waals surface area contributed by atoms with Gasteiger partial charge in [-0.05, 0) is 44.5 Å². The number of benzene rings is 1. The molecule has 1 aromatic rings. The first-order valence-electron chi connectivity index (χ1n) is 5.88. The van der Waals surface area contributed by atoms with Crippen LogP contribution in [0.1, 0.15) is 26.3 Å². The molecule has 0 aliphatic heterocycles. The molecule has 2 nitrogen and oxygen atoms in total. The third-order valence-corrected chi connectivity index (χ3v) is 2.25. The Bertz CT molecular complexity index is 392. The Morgan fingerprint density at radius 2 is 1.65 bits per heavy atom. The zero-order valence-corrected chi connectivity index (χ0v) is 11.4.